The van der Waals surface area contributed by atoms with E-state index in [2.05, 4.69) is 16.3 Å². The molecule has 0 unspecified atom stereocenters. The van der Waals surface area contributed by atoms with Crippen LogP contribution in [0.15, 0.2) is 0 Å². The summed E-state index contributed by atoms with van der Waals surface area (Å²) in [5.41, 5.74) is 4.03. The fourth-order valence-corrected chi connectivity index (χ4v) is 3.08. The molecule has 0 radical (unpaired) electrons. The summed E-state index contributed by atoms with van der Waals surface area (Å²) in [6, 6.07) is 2.27. The second kappa shape index (κ2) is 4.52. The third-order valence-corrected chi connectivity index (χ3v) is 4.15. The zero-order valence-corrected chi connectivity index (χ0v) is 10.2. The second-order valence-electron chi connectivity index (χ2n) is 5.41. The van der Waals surface area contributed by atoms with Gasteiger partial charge in [0, 0.05) is 24.0 Å². The Bertz CT molecular complexity index is 431. The normalized spacial score (nSPS) is 20.6. The van der Waals surface area contributed by atoms with E-state index in [0.717, 1.165) is 6.42 Å². The van der Waals surface area contributed by atoms with Gasteiger partial charge in [-0.3, -0.25) is 5.10 Å². The fourth-order valence-electron chi connectivity index (χ4n) is 3.08. The van der Waals surface area contributed by atoms with E-state index in [1.54, 1.807) is 0 Å². The Morgan fingerprint density at radius 3 is 2.59 bits per heavy atom. The van der Waals surface area contributed by atoms with Gasteiger partial charge in [0.1, 0.15) is 0 Å². The second-order valence-corrected chi connectivity index (χ2v) is 5.41. The van der Waals surface area contributed by atoms with Crippen LogP contribution in [0.2, 0.25) is 0 Å². The summed E-state index contributed by atoms with van der Waals surface area (Å²) in [5.74, 6) is 1.37. The quantitative estimate of drug-likeness (QED) is 0.860. The van der Waals surface area contributed by atoms with E-state index in [9.17, 15) is 0 Å². The van der Waals surface area contributed by atoms with Crippen molar-refractivity contribution in [2.75, 3.05) is 0 Å². The van der Waals surface area contributed by atoms with Crippen molar-refractivity contribution in [3.05, 3.63) is 17.0 Å². The number of nitrogens with one attached hydrogen (secondary N) is 1. The molecule has 2 aliphatic rings. The van der Waals surface area contributed by atoms with Crippen molar-refractivity contribution in [3.63, 3.8) is 0 Å². The highest BCUT2D eigenvalue weighted by Crippen LogP contribution is 2.44. The van der Waals surface area contributed by atoms with Crippen LogP contribution in [0.25, 0.3) is 0 Å². The Balaban J connectivity index is 1.87. The molecule has 0 spiro atoms. The van der Waals surface area contributed by atoms with Crippen LogP contribution >= 0.6 is 0 Å². The maximum absolute atomic E-state index is 8.79. The van der Waals surface area contributed by atoms with Crippen LogP contribution < -0.4 is 0 Å². The monoisotopic (exact) mass is 229 g/mol. The van der Waals surface area contributed by atoms with Crippen LogP contribution in [0.1, 0.15) is 73.7 Å². The number of nitriles is 1. The fraction of sp³-hybridized carbons (Fsp3) is 0.714. The number of rotatable bonds is 4. The summed E-state index contributed by atoms with van der Waals surface area (Å²) in [4.78, 5) is 0. The molecule has 0 bridgehead atoms. The molecular formula is C14H19N3. The maximum Gasteiger partial charge on any atom is 0.0688 e. The summed E-state index contributed by atoms with van der Waals surface area (Å²) in [6.45, 7) is 0. The first-order chi connectivity index (χ1) is 8.40. The van der Waals surface area contributed by atoms with Gasteiger partial charge in [-0.05, 0) is 37.7 Å². The molecule has 1 N–H and O–H groups in total. The number of aromatic amines is 1. The molecule has 2 fully saturated rings. The highest BCUT2D eigenvalue weighted by molar-refractivity contribution is 5.33. The van der Waals surface area contributed by atoms with Crippen LogP contribution in [0.4, 0.5) is 0 Å². The molecule has 0 aliphatic heterocycles. The average Bonchev–Trinajstić information content (AvgIpc) is 2.91. The molecule has 0 saturated heterocycles. The lowest BCUT2D eigenvalue weighted by Crippen LogP contribution is -1.99. The van der Waals surface area contributed by atoms with Crippen molar-refractivity contribution in [1.82, 2.24) is 10.2 Å². The first-order valence-corrected chi connectivity index (χ1v) is 6.84. The number of hydrogen-bond donors (Lipinski definition) is 1. The molecule has 1 aromatic heterocycles. The van der Waals surface area contributed by atoms with E-state index in [4.69, 9.17) is 5.26 Å². The molecule has 0 amide bonds. The third kappa shape index (κ3) is 2.09. The van der Waals surface area contributed by atoms with Crippen LogP contribution in [0, 0.1) is 11.3 Å². The first kappa shape index (κ1) is 10.8. The van der Waals surface area contributed by atoms with E-state index in [-0.39, 0.29) is 0 Å². The standard InChI is InChI=1S/C14H19N3/c15-9-3-6-12-13(10-4-1-2-5-10)16-17-14(12)11-7-8-11/h10-11H,1-8H2,(H,16,17). The molecule has 17 heavy (non-hydrogen) atoms. The first-order valence-electron chi connectivity index (χ1n) is 6.84. The third-order valence-electron chi connectivity index (χ3n) is 4.15. The summed E-state index contributed by atoms with van der Waals surface area (Å²) >= 11 is 0. The zero-order chi connectivity index (χ0) is 11.7. The molecule has 90 valence electrons. The Morgan fingerprint density at radius 1 is 1.18 bits per heavy atom. The summed E-state index contributed by atoms with van der Waals surface area (Å²) in [6.07, 6.45) is 9.37. The molecule has 3 nitrogen and oxygen atoms in total. The van der Waals surface area contributed by atoms with Gasteiger partial charge in [-0.25, -0.2) is 0 Å². The maximum atomic E-state index is 8.79. The molecule has 1 aromatic rings. The predicted molar refractivity (Wildman–Crippen MR) is 65.7 cm³/mol. The van der Waals surface area contributed by atoms with Crippen molar-refractivity contribution in [2.24, 2.45) is 0 Å². The molecule has 2 aliphatic carbocycles. The molecule has 3 heteroatoms. The molecule has 3 rings (SSSR count). The lowest BCUT2D eigenvalue weighted by atomic mass is 9.95. The van der Waals surface area contributed by atoms with E-state index in [1.807, 2.05) is 0 Å². The van der Waals surface area contributed by atoms with Crippen LogP contribution in [0.5, 0.6) is 0 Å². The van der Waals surface area contributed by atoms with Crippen molar-refractivity contribution in [1.29, 1.82) is 5.26 Å². The van der Waals surface area contributed by atoms with E-state index in [0.29, 0.717) is 18.3 Å². The van der Waals surface area contributed by atoms with Crippen molar-refractivity contribution >= 4 is 0 Å². The molecule has 0 atom stereocenters. The zero-order valence-electron chi connectivity index (χ0n) is 10.2. The lowest BCUT2D eigenvalue weighted by Gasteiger charge is -2.09. The van der Waals surface area contributed by atoms with Crippen LogP contribution in [0.3, 0.4) is 0 Å². The van der Waals surface area contributed by atoms with Crippen molar-refractivity contribution in [3.8, 4) is 6.07 Å². The van der Waals surface area contributed by atoms with E-state index in [1.165, 1.54) is 55.5 Å². The van der Waals surface area contributed by atoms with Gasteiger partial charge in [-0.2, -0.15) is 10.4 Å². The molecule has 0 aromatic carbocycles. The van der Waals surface area contributed by atoms with Crippen LogP contribution in [-0.2, 0) is 6.42 Å². The molecule has 2 saturated carbocycles. The van der Waals surface area contributed by atoms with Gasteiger partial charge in [-0.15, -0.1) is 0 Å². The van der Waals surface area contributed by atoms with Gasteiger partial charge in [-0.1, -0.05) is 12.8 Å². The van der Waals surface area contributed by atoms with E-state index >= 15 is 0 Å². The van der Waals surface area contributed by atoms with Crippen molar-refractivity contribution in [2.45, 2.75) is 63.2 Å². The van der Waals surface area contributed by atoms with Gasteiger partial charge in [0.25, 0.3) is 0 Å². The summed E-state index contributed by atoms with van der Waals surface area (Å²) < 4.78 is 0. The van der Waals surface area contributed by atoms with Gasteiger partial charge in [0.05, 0.1) is 11.8 Å². The number of nitrogens with zero attached hydrogens (tertiary/aromatic N) is 2. The Kier molecular flexibility index (Phi) is 2.88. The Morgan fingerprint density at radius 2 is 1.94 bits per heavy atom. The number of H-pyrrole nitrogens is 1. The van der Waals surface area contributed by atoms with Gasteiger partial charge < -0.3 is 0 Å². The summed E-state index contributed by atoms with van der Waals surface area (Å²) in [7, 11) is 0. The topological polar surface area (TPSA) is 52.5 Å². The summed E-state index contributed by atoms with van der Waals surface area (Å²) in [5, 5.41) is 16.6. The molecular weight excluding hydrogens is 210 g/mol. The predicted octanol–water partition coefficient (Wildman–Crippen LogP) is 3.40. The number of hydrogen-bond acceptors (Lipinski definition) is 2. The van der Waals surface area contributed by atoms with Crippen molar-refractivity contribution < 1.29 is 0 Å². The van der Waals surface area contributed by atoms with Crippen LogP contribution in [-0.4, -0.2) is 10.2 Å². The number of aromatic nitrogens is 2. The van der Waals surface area contributed by atoms with E-state index < -0.39 is 0 Å². The highest BCUT2D eigenvalue weighted by atomic mass is 15.1. The smallest absolute Gasteiger partial charge is 0.0688 e. The minimum atomic E-state index is 0.624. The van der Waals surface area contributed by atoms with Gasteiger partial charge >= 0.3 is 0 Å². The molecule has 1 heterocycles. The minimum Gasteiger partial charge on any atom is -0.282 e. The average molecular weight is 229 g/mol. The van der Waals surface area contributed by atoms with Gasteiger partial charge in [0.2, 0.25) is 0 Å². The lowest BCUT2D eigenvalue weighted by molar-refractivity contribution is 0.683. The highest BCUT2D eigenvalue weighted by Gasteiger charge is 2.31. The minimum absolute atomic E-state index is 0.624. The SMILES string of the molecule is N#CCCc1c(C2CCCC2)n[nH]c1C1CC1. The van der Waals surface area contributed by atoms with Gasteiger partial charge in [0.15, 0.2) is 0 Å². The Labute approximate surface area is 102 Å². The largest absolute Gasteiger partial charge is 0.282 e. The Hall–Kier alpha value is -1.30.